The molecule has 0 spiro atoms. The first kappa shape index (κ1) is 14.8. The van der Waals surface area contributed by atoms with E-state index in [-0.39, 0.29) is 11.6 Å². The lowest BCUT2D eigenvalue weighted by molar-refractivity contribution is -0.0320. The second kappa shape index (κ2) is 5.59. The minimum absolute atomic E-state index is 0.0253. The maximum atomic E-state index is 10.7. The number of rotatable bonds is 4. The largest absolute Gasteiger partial charge is 0.491 e. The third-order valence-corrected chi connectivity index (χ3v) is 5.35. The van der Waals surface area contributed by atoms with Crippen LogP contribution in [0.3, 0.4) is 0 Å². The fourth-order valence-corrected chi connectivity index (χ4v) is 3.61. The van der Waals surface area contributed by atoms with Gasteiger partial charge in [-0.05, 0) is 46.5 Å². The van der Waals surface area contributed by atoms with Gasteiger partial charge in [0.25, 0.3) is 0 Å². The minimum Gasteiger partial charge on any atom is -0.491 e. The quantitative estimate of drug-likeness (QED) is 0.919. The molecule has 1 aromatic rings. The molecule has 0 radical (unpaired) electrons. The summed E-state index contributed by atoms with van der Waals surface area (Å²) in [5.74, 6) is 0.820. The summed E-state index contributed by atoms with van der Waals surface area (Å²) in [4.78, 5) is 4.62. The maximum Gasteiger partial charge on any atom is 0.125 e. The molecule has 0 aromatic heterocycles. The Hall–Kier alpha value is -1.10. The number of aliphatic hydroxyl groups excluding tert-OH is 1. The lowest BCUT2D eigenvalue weighted by Crippen LogP contribution is -2.59. The summed E-state index contributed by atoms with van der Waals surface area (Å²) < 4.78 is 5.84. The summed E-state index contributed by atoms with van der Waals surface area (Å²) in [6.45, 7) is 1.53. The minimum atomic E-state index is -0.473. The molecule has 0 amide bonds. The van der Waals surface area contributed by atoms with E-state index >= 15 is 0 Å². The van der Waals surface area contributed by atoms with Crippen LogP contribution < -0.4 is 4.74 Å². The van der Waals surface area contributed by atoms with Crippen molar-refractivity contribution in [3.8, 4) is 5.75 Å². The second-order valence-electron chi connectivity index (χ2n) is 6.75. The molecule has 4 heteroatoms. The highest BCUT2D eigenvalue weighted by atomic mass is 16.5. The molecule has 21 heavy (non-hydrogen) atoms. The molecule has 3 rings (SSSR count). The maximum absolute atomic E-state index is 10.7. The Morgan fingerprint density at radius 3 is 2.57 bits per heavy atom. The van der Waals surface area contributed by atoms with E-state index in [0.29, 0.717) is 6.61 Å². The van der Waals surface area contributed by atoms with Crippen molar-refractivity contribution in [3.63, 3.8) is 0 Å². The first-order chi connectivity index (χ1) is 10.0. The van der Waals surface area contributed by atoms with Gasteiger partial charge in [-0.25, -0.2) is 0 Å². The molecule has 1 saturated carbocycles. The van der Waals surface area contributed by atoms with Crippen LogP contribution in [0.2, 0.25) is 0 Å². The first-order valence-electron chi connectivity index (χ1n) is 7.81. The van der Waals surface area contributed by atoms with Gasteiger partial charge in [0.2, 0.25) is 0 Å². The molecule has 2 aliphatic rings. The monoisotopic (exact) mass is 290 g/mol. The van der Waals surface area contributed by atoms with Crippen LogP contribution in [-0.4, -0.2) is 60.8 Å². The highest BCUT2D eigenvalue weighted by Crippen LogP contribution is 2.39. The third kappa shape index (κ3) is 2.56. The molecular formula is C17H26N2O2. The van der Waals surface area contributed by atoms with E-state index in [2.05, 4.69) is 30.9 Å². The second-order valence-corrected chi connectivity index (χ2v) is 6.75. The van der Waals surface area contributed by atoms with Gasteiger partial charge >= 0.3 is 0 Å². The van der Waals surface area contributed by atoms with Gasteiger partial charge in [-0.3, -0.25) is 4.90 Å². The standard InChI is InChI=1S/C17H26N2O2/c1-18(2)17(9-6-10-17)12-19(3)14-11-21-15-8-5-4-7-13(15)16(14)20/h4-5,7-8,14,16,20H,6,9-12H2,1-3H3. The Kier molecular flexibility index (Phi) is 3.95. The number of benzene rings is 1. The smallest absolute Gasteiger partial charge is 0.125 e. The molecule has 4 nitrogen and oxygen atoms in total. The molecule has 0 saturated heterocycles. The summed E-state index contributed by atoms with van der Waals surface area (Å²) in [5, 5.41) is 10.7. The van der Waals surface area contributed by atoms with E-state index in [1.807, 2.05) is 24.3 Å². The highest BCUT2D eigenvalue weighted by molar-refractivity contribution is 5.37. The van der Waals surface area contributed by atoms with Gasteiger partial charge in [-0.2, -0.15) is 0 Å². The number of fused-ring (bicyclic) bond motifs is 1. The molecule has 1 aliphatic heterocycles. The molecular weight excluding hydrogens is 264 g/mol. The van der Waals surface area contributed by atoms with Gasteiger partial charge < -0.3 is 14.7 Å². The van der Waals surface area contributed by atoms with E-state index < -0.39 is 6.10 Å². The van der Waals surface area contributed by atoms with Crippen LogP contribution in [-0.2, 0) is 0 Å². The molecule has 1 aromatic carbocycles. The lowest BCUT2D eigenvalue weighted by Gasteiger charge is -2.51. The van der Waals surface area contributed by atoms with Crippen molar-refractivity contribution >= 4 is 0 Å². The lowest BCUT2D eigenvalue weighted by atomic mass is 9.75. The Balaban J connectivity index is 1.73. The zero-order valence-electron chi connectivity index (χ0n) is 13.2. The number of likely N-dealkylation sites (N-methyl/N-ethyl adjacent to an activating group) is 2. The van der Waals surface area contributed by atoms with E-state index in [4.69, 9.17) is 4.74 Å². The molecule has 2 atom stereocenters. The zero-order valence-corrected chi connectivity index (χ0v) is 13.2. The molecule has 116 valence electrons. The van der Waals surface area contributed by atoms with Crippen LogP contribution in [0.4, 0.5) is 0 Å². The van der Waals surface area contributed by atoms with Crippen molar-refractivity contribution in [1.82, 2.24) is 9.80 Å². The number of nitrogens with zero attached hydrogens (tertiary/aromatic N) is 2. The van der Waals surface area contributed by atoms with E-state index in [1.165, 1.54) is 19.3 Å². The van der Waals surface area contributed by atoms with E-state index in [1.54, 1.807) is 0 Å². The Morgan fingerprint density at radius 2 is 1.95 bits per heavy atom. The summed E-state index contributed by atoms with van der Waals surface area (Å²) in [6, 6.07) is 7.83. The molecule has 1 heterocycles. The SMILES string of the molecule is CN(CC1(N(C)C)CCC1)C1COc2ccccc2C1O. The van der Waals surface area contributed by atoms with Crippen molar-refractivity contribution in [2.45, 2.75) is 36.9 Å². The number of hydrogen-bond donors (Lipinski definition) is 1. The summed E-state index contributed by atoms with van der Waals surface area (Å²) in [6.07, 6.45) is 3.31. The van der Waals surface area contributed by atoms with Crippen LogP contribution in [0, 0.1) is 0 Å². The molecule has 2 unspecified atom stereocenters. The Bertz CT molecular complexity index is 499. The average Bonchev–Trinajstić information content (AvgIpc) is 2.43. The molecule has 0 bridgehead atoms. The fourth-order valence-electron chi connectivity index (χ4n) is 3.61. The van der Waals surface area contributed by atoms with Gasteiger partial charge in [0, 0.05) is 17.6 Å². The fraction of sp³-hybridized carbons (Fsp3) is 0.647. The zero-order chi connectivity index (χ0) is 15.0. The predicted molar refractivity (Wildman–Crippen MR) is 83.6 cm³/mol. The van der Waals surface area contributed by atoms with Crippen molar-refractivity contribution in [2.75, 3.05) is 34.3 Å². The predicted octanol–water partition coefficient (Wildman–Crippen LogP) is 1.90. The number of hydrogen-bond acceptors (Lipinski definition) is 4. The van der Waals surface area contributed by atoms with Crippen LogP contribution in [0.15, 0.2) is 24.3 Å². The summed E-state index contributed by atoms with van der Waals surface area (Å²) in [7, 11) is 6.43. The van der Waals surface area contributed by atoms with Crippen LogP contribution in [0.1, 0.15) is 30.9 Å². The van der Waals surface area contributed by atoms with Crippen molar-refractivity contribution in [2.24, 2.45) is 0 Å². The van der Waals surface area contributed by atoms with Gasteiger partial charge in [0.1, 0.15) is 18.5 Å². The van der Waals surface area contributed by atoms with Crippen LogP contribution >= 0.6 is 0 Å². The Morgan fingerprint density at radius 1 is 1.24 bits per heavy atom. The van der Waals surface area contributed by atoms with Crippen molar-refractivity contribution in [1.29, 1.82) is 0 Å². The number of aliphatic hydroxyl groups is 1. The van der Waals surface area contributed by atoms with Crippen molar-refractivity contribution < 1.29 is 9.84 Å². The van der Waals surface area contributed by atoms with Crippen molar-refractivity contribution in [3.05, 3.63) is 29.8 Å². The Labute approximate surface area is 127 Å². The first-order valence-corrected chi connectivity index (χ1v) is 7.81. The molecule has 1 aliphatic carbocycles. The molecule has 1 fully saturated rings. The highest BCUT2D eigenvalue weighted by Gasteiger charge is 2.42. The summed E-state index contributed by atoms with van der Waals surface area (Å²) >= 11 is 0. The average molecular weight is 290 g/mol. The number of para-hydroxylation sites is 1. The number of ether oxygens (including phenoxy) is 1. The normalized spacial score (nSPS) is 27.1. The summed E-state index contributed by atoms with van der Waals surface area (Å²) in [5.41, 5.74) is 1.18. The van der Waals surface area contributed by atoms with Gasteiger partial charge in [0.05, 0.1) is 6.04 Å². The van der Waals surface area contributed by atoms with E-state index in [0.717, 1.165) is 17.9 Å². The van der Waals surface area contributed by atoms with Crippen LogP contribution in [0.25, 0.3) is 0 Å². The topological polar surface area (TPSA) is 35.9 Å². The van der Waals surface area contributed by atoms with Gasteiger partial charge in [-0.15, -0.1) is 0 Å². The third-order valence-electron chi connectivity index (χ3n) is 5.35. The van der Waals surface area contributed by atoms with Gasteiger partial charge in [0.15, 0.2) is 0 Å². The van der Waals surface area contributed by atoms with Gasteiger partial charge in [-0.1, -0.05) is 18.2 Å². The molecule has 1 N–H and O–H groups in total. The van der Waals surface area contributed by atoms with Crippen LogP contribution in [0.5, 0.6) is 5.75 Å². The van der Waals surface area contributed by atoms with E-state index in [9.17, 15) is 5.11 Å².